The summed E-state index contributed by atoms with van der Waals surface area (Å²) in [5.41, 5.74) is 1.08. The number of likely N-dealkylation sites (N-methyl/N-ethyl adjacent to an activating group) is 1. The molecule has 6 rings (SSSR count). The minimum absolute atomic E-state index is 0.333. The highest BCUT2D eigenvalue weighted by molar-refractivity contribution is 5.78. The Morgan fingerprint density at radius 1 is 0.878 bits per heavy atom. The Balaban J connectivity index is 0.000000216. The van der Waals surface area contributed by atoms with Gasteiger partial charge in [-0.2, -0.15) is 9.97 Å². The number of nitrogens with zero attached hydrogens (tertiary/aromatic N) is 7. The molecule has 2 aliphatic heterocycles. The average Bonchev–Trinajstić information content (AvgIpc) is 3.44. The number of piperazine rings is 1. The number of imidazole rings is 1. The first-order valence-corrected chi connectivity index (χ1v) is 15.1. The van der Waals surface area contributed by atoms with Crippen LogP contribution in [0.5, 0.6) is 0 Å². The number of ether oxygens (including phenoxy) is 1. The Morgan fingerprint density at radius 3 is 2.20 bits per heavy atom. The van der Waals surface area contributed by atoms with Crippen LogP contribution in [0.3, 0.4) is 0 Å². The molecule has 11 heteroatoms. The Labute approximate surface area is 242 Å². The number of anilines is 2. The van der Waals surface area contributed by atoms with E-state index in [0.29, 0.717) is 54.9 Å². The molecule has 9 nitrogen and oxygen atoms in total. The Hall–Kier alpha value is -2.89. The molecule has 226 valence electrons. The summed E-state index contributed by atoms with van der Waals surface area (Å²) < 4.78 is 34.0. The highest BCUT2D eigenvalue weighted by atomic mass is 19.3. The molecular weight excluding hydrogens is 526 g/mol. The van der Waals surface area contributed by atoms with Crippen LogP contribution in [-0.4, -0.2) is 102 Å². The van der Waals surface area contributed by atoms with Crippen molar-refractivity contribution in [2.75, 3.05) is 76.8 Å². The van der Waals surface area contributed by atoms with Gasteiger partial charge in [-0.05, 0) is 32.0 Å². The van der Waals surface area contributed by atoms with Crippen LogP contribution in [0.25, 0.3) is 16.9 Å². The summed E-state index contributed by atoms with van der Waals surface area (Å²) >= 11 is 0. The normalized spacial score (nSPS) is 19.0. The topological polar surface area (TPSA) is 74.6 Å². The highest BCUT2D eigenvalue weighted by Crippen LogP contribution is 2.29. The molecule has 0 bridgehead atoms. The van der Waals surface area contributed by atoms with Gasteiger partial charge in [-0.15, -0.1) is 0 Å². The molecule has 1 N–H and O–H groups in total. The fraction of sp³-hybridized carbons (Fsp3) is 0.633. The maximum atomic E-state index is 13.6. The Bertz CT molecular complexity index is 1200. The number of alkyl halides is 2. The van der Waals surface area contributed by atoms with E-state index in [1.54, 1.807) is 37.4 Å². The van der Waals surface area contributed by atoms with Crippen LogP contribution in [0, 0.1) is 0 Å². The van der Waals surface area contributed by atoms with Crippen molar-refractivity contribution >= 4 is 22.8 Å². The van der Waals surface area contributed by atoms with E-state index in [-0.39, 0.29) is 5.82 Å². The number of para-hydroxylation sites is 2. The van der Waals surface area contributed by atoms with Crippen molar-refractivity contribution in [3.8, 4) is 5.82 Å². The van der Waals surface area contributed by atoms with Crippen molar-refractivity contribution in [2.24, 2.45) is 0 Å². The lowest BCUT2D eigenvalue weighted by Crippen LogP contribution is -2.49. The van der Waals surface area contributed by atoms with Gasteiger partial charge in [0.25, 0.3) is 6.43 Å². The first-order valence-electron chi connectivity index (χ1n) is 15.1. The average molecular weight is 573 g/mol. The summed E-state index contributed by atoms with van der Waals surface area (Å²) in [5.74, 6) is 1.05. The quantitative estimate of drug-likeness (QED) is 0.446. The molecule has 0 unspecified atom stereocenters. The van der Waals surface area contributed by atoms with Gasteiger partial charge in [-0.3, -0.25) is 9.47 Å². The van der Waals surface area contributed by atoms with Crippen molar-refractivity contribution in [3.63, 3.8) is 0 Å². The lowest BCUT2D eigenvalue weighted by atomic mass is 9.94. The van der Waals surface area contributed by atoms with Gasteiger partial charge in [0.05, 0.1) is 24.2 Å². The molecule has 1 aromatic carbocycles. The van der Waals surface area contributed by atoms with Gasteiger partial charge in [0.15, 0.2) is 5.82 Å². The van der Waals surface area contributed by atoms with E-state index in [1.807, 2.05) is 13.8 Å². The first kappa shape index (κ1) is 31.1. The number of morpholine rings is 1. The maximum absolute atomic E-state index is 13.6. The number of halogens is 2. The van der Waals surface area contributed by atoms with Crippen LogP contribution in [0.2, 0.25) is 0 Å². The van der Waals surface area contributed by atoms with Gasteiger partial charge in [-0.1, -0.05) is 45.2 Å². The van der Waals surface area contributed by atoms with Crippen molar-refractivity contribution in [1.82, 2.24) is 29.3 Å². The second kappa shape index (κ2) is 15.4. The van der Waals surface area contributed by atoms with Gasteiger partial charge < -0.3 is 19.9 Å². The summed E-state index contributed by atoms with van der Waals surface area (Å²) in [6.45, 7) is 11.7. The Kier molecular flexibility index (Phi) is 11.6. The van der Waals surface area contributed by atoms with Gasteiger partial charge in [-0.25, -0.2) is 13.8 Å². The highest BCUT2D eigenvalue weighted by Gasteiger charge is 2.24. The summed E-state index contributed by atoms with van der Waals surface area (Å²) in [5, 5.41) is 2.90. The third kappa shape index (κ3) is 7.90. The summed E-state index contributed by atoms with van der Waals surface area (Å²) in [4.78, 5) is 20.2. The van der Waals surface area contributed by atoms with Crippen LogP contribution in [0.4, 0.5) is 20.5 Å². The van der Waals surface area contributed by atoms with Crippen molar-refractivity contribution in [2.45, 2.75) is 58.4 Å². The van der Waals surface area contributed by atoms with E-state index < -0.39 is 6.43 Å². The minimum atomic E-state index is -2.72. The van der Waals surface area contributed by atoms with E-state index in [2.05, 4.69) is 42.0 Å². The third-order valence-corrected chi connectivity index (χ3v) is 7.90. The number of aromatic nitrogens is 4. The number of fused-ring (bicyclic) bond motifs is 1. The van der Waals surface area contributed by atoms with Gasteiger partial charge in [0.2, 0.25) is 5.95 Å². The fourth-order valence-electron chi connectivity index (χ4n) is 5.67. The first-order chi connectivity index (χ1) is 20.0. The van der Waals surface area contributed by atoms with Gasteiger partial charge >= 0.3 is 0 Å². The monoisotopic (exact) mass is 572 g/mol. The van der Waals surface area contributed by atoms with E-state index in [4.69, 9.17) is 4.74 Å². The van der Waals surface area contributed by atoms with Gasteiger partial charge in [0.1, 0.15) is 11.6 Å². The second-order valence-electron chi connectivity index (χ2n) is 10.5. The molecule has 2 aromatic heterocycles. The number of benzene rings is 1. The van der Waals surface area contributed by atoms with E-state index in [0.717, 1.165) is 6.04 Å². The lowest BCUT2D eigenvalue weighted by molar-refractivity contribution is 0.0913. The van der Waals surface area contributed by atoms with E-state index in [1.165, 1.54) is 62.9 Å². The third-order valence-electron chi connectivity index (χ3n) is 7.90. The number of hydrogen-bond donors (Lipinski definition) is 1. The van der Waals surface area contributed by atoms with Crippen LogP contribution in [0.1, 0.15) is 58.2 Å². The van der Waals surface area contributed by atoms with Crippen molar-refractivity contribution < 1.29 is 13.5 Å². The summed E-state index contributed by atoms with van der Waals surface area (Å²) in [6, 6.07) is 9.67. The van der Waals surface area contributed by atoms with E-state index >= 15 is 0 Å². The number of nitrogens with one attached hydrogen (secondary N) is 1. The van der Waals surface area contributed by atoms with Crippen molar-refractivity contribution in [1.29, 1.82) is 0 Å². The molecule has 0 amide bonds. The predicted molar refractivity (Wildman–Crippen MR) is 161 cm³/mol. The SMILES string of the molecule is CC.CN1CCN(C2CCCCC2)CC1.CNc1nc(N2CCOCC2)cc(-n2c(C(F)F)nc3ccccc32)n1. The fourth-order valence-corrected chi connectivity index (χ4v) is 5.67. The molecule has 3 aliphatic rings. The standard InChI is InChI=1S/C17H18F2N6O.C11H22N2.C2H6/c1-20-17-22-13(24-6-8-26-9-7-24)10-14(23-17)25-12-5-3-2-4-11(12)21-16(25)15(18)19;1-12-7-9-13(10-8-12)11-5-3-2-4-6-11;1-2/h2-5,10,15H,6-9H2,1H3,(H,20,22,23);11H,2-10H2,1H3;1-2H3. The number of hydrogen-bond acceptors (Lipinski definition) is 8. The molecule has 1 saturated carbocycles. The molecule has 0 atom stereocenters. The predicted octanol–water partition coefficient (Wildman–Crippen LogP) is 5.22. The zero-order chi connectivity index (χ0) is 29.2. The number of rotatable bonds is 5. The van der Waals surface area contributed by atoms with Gasteiger partial charge in [0, 0.05) is 58.4 Å². The minimum Gasteiger partial charge on any atom is -0.378 e. The van der Waals surface area contributed by atoms with E-state index in [9.17, 15) is 8.78 Å². The molecule has 1 aliphatic carbocycles. The summed E-state index contributed by atoms with van der Waals surface area (Å²) in [6.07, 6.45) is 4.62. The Morgan fingerprint density at radius 2 is 1.54 bits per heavy atom. The molecule has 2 saturated heterocycles. The second-order valence-corrected chi connectivity index (χ2v) is 10.5. The molecule has 4 heterocycles. The molecule has 3 fully saturated rings. The molecular formula is C30H46F2N8O. The van der Waals surface area contributed by atoms with Crippen LogP contribution in [0.15, 0.2) is 30.3 Å². The van der Waals surface area contributed by atoms with Crippen LogP contribution in [-0.2, 0) is 4.74 Å². The molecule has 3 aromatic rings. The zero-order valence-corrected chi connectivity index (χ0v) is 25.0. The smallest absolute Gasteiger partial charge is 0.296 e. The molecule has 0 spiro atoms. The largest absolute Gasteiger partial charge is 0.378 e. The molecule has 41 heavy (non-hydrogen) atoms. The zero-order valence-electron chi connectivity index (χ0n) is 25.0. The maximum Gasteiger partial charge on any atom is 0.296 e. The van der Waals surface area contributed by atoms with Crippen LogP contribution >= 0.6 is 0 Å². The molecule has 0 radical (unpaired) electrons. The van der Waals surface area contributed by atoms with Crippen LogP contribution < -0.4 is 10.2 Å². The summed E-state index contributed by atoms with van der Waals surface area (Å²) in [7, 11) is 3.93. The lowest BCUT2D eigenvalue weighted by Gasteiger charge is -2.39. The van der Waals surface area contributed by atoms with Crippen molar-refractivity contribution in [3.05, 3.63) is 36.2 Å².